The summed E-state index contributed by atoms with van der Waals surface area (Å²) in [5, 5.41) is 30.0. The predicted octanol–water partition coefficient (Wildman–Crippen LogP) is 4.62. The molecule has 0 aliphatic carbocycles. The molecule has 0 aliphatic heterocycles. The normalized spacial score (nSPS) is 9.27. The third kappa shape index (κ3) is 13.4. The molecular weight excluding hydrogens is 821 g/mol. The number of nitro groups is 2. The number of carbonyl (C=O) groups is 4. The van der Waals surface area contributed by atoms with E-state index in [1.165, 1.54) is 79.1 Å². The molecule has 0 bridgehead atoms. The van der Waals surface area contributed by atoms with Crippen LogP contribution in [-0.4, -0.2) is 88.6 Å². The van der Waals surface area contributed by atoms with Gasteiger partial charge in [0.1, 0.15) is 16.9 Å². The average Bonchev–Trinajstić information content (AvgIpc) is 3.19. The Morgan fingerprint density at radius 1 is 0.554 bits per heavy atom. The number of hydrogen-bond acceptors (Lipinski definition) is 17. The fraction of sp³-hybridized carbons (Fsp3) is 0.200. The van der Waals surface area contributed by atoms with E-state index in [-0.39, 0.29) is 72.3 Å². The second-order valence-corrected chi connectivity index (χ2v) is 9.78. The summed E-state index contributed by atoms with van der Waals surface area (Å²) in [5.41, 5.74) is 11.0. The standard InChI is InChI=1S/C9H9NO5.C9H11NO3.C9H10NO3.C8H7NO5.Y/c1-14-7-5-3-4-6(9(11)15-2)8(7)10(12)13;2*1-12-7-5-3-4-6(8(7)10)9(11)13-2;1-14-6-4-2-3-5(8(10)11)7(6)9(12)13;/h3-5H,1-2H3;3-5H,10H2,1-2H3;4-5H,10H2,1-2H3;2-4H,1H3,(H,10,11);/q;;-1;;. The van der Waals surface area contributed by atoms with Gasteiger partial charge in [-0.1, -0.05) is 18.2 Å². The van der Waals surface area contributed by atoms with Crippen LogP contribution in [-0.2, 0) is 46.9 Å². The van der Waals surface area contributed by atoms with Gasteiger partial charge in [0, 0.05) is 38.5 Å². The summed E-state index contributed by atoms with van der Waals surface area (Å²) >= 11 is 0. The number of para-hydroxylation sites is 3. The molecule has 56 heavy (non-hydrogen) atoms. The number of rotatable bonds is 10. The molecule has 4 rings (SSSR count). The zero-order chi connectivity index (χ0) is 41.8. The molecule has 4 aromatic carbocycles. The van der Waals surface area contributed by atoms with Crippen molar-refractivity contribution >= 4 is 46.6 Å². The zero-order valence-corrected chi connectivity index (χ0v) is 33.9. The van der Waals surface area contributed by atoms with E-state index in [2.05, 4.69) is 20.3 Å². The quantitative estimate of drug-likeness (QED) is 0.0489. The molecule has 5 N–H and O–H groups in total. The van der Waals surface area contributed by atoms with E-state index in [1.54, 1.807) is 24.3 Å². The molecule has 0 saturated carbocycles. The molecule has 0 atom stereocenters. The summed E-state index contributed by atoms with van der Waals surface area (Å²) in [6.07, 6.45) is 0. The van der Waals surface area contributed by atoms with Crippen LogP contribution in [0.1, 0.15) is 41.4 Å². The molecule has 4 aromatic rings. The number of anilines is 2. The van der Waals surface area contributed by atoms with Gasteiger partial charge in [0.05, 0.1) is 70.9 Å². The van der Waals surface area contributed by atoms with Gasteiger partial charge in [0.25, 0.3) is 5.97 Å². The van der Waals surface area contributed by atoms with Crippen LogP contribution in [0.3, 0.4) is 0 Å². The topological polar surface area (TPSA) is 291 Å². The van der Waals surface area contributed by atoms with E-state index in [9.17, 15) is 39.4 Å². The number of carboxylic acid groups (broad SMARTS) is 1. The number of nitrogens with two attached hydrogens (primary N) is 2. The molecule has 0 amide bonds. The third-order valence-corrected chi connectivity index (χ3v) is 6.75. The van der Waals surface area contributed by atoms with Crippen LogP contribution in [0.2, 0.25) is 0 Å². The summed E-state index contributed by atoms with van der Waals surface area (Å²) in [4.78, 5) is 64.0. The maximum Gasteiger partial charge on any atom is 0.345 e. The molecule has 21 heteroatoms. The number of carboxylic acids is 1. The van der Waals surface area contributed by atoms with Crippen LogP contribution in [0.4, 0.5) is 22.7 Å². The predicted molar refractivity (Wildman–Crippen MR) is 194 cm³/mol. The van der Waals surface area contributed by atoms with Crippen LogP contribution in [0.25, 0.3) is 0 Å². The summed E-state index contributed by atoms with van der Waals surface area (Å²) in [7, 11) is 9.26. The van der Waals surface area contributed by atoms with Crippen molar-refractivity contribution in [1.82, 2.24) is 0 Å². The Kier molecular flexibility index (Phi) is 21.8. The minimum atomic E-state index is -1.35. The molecule has 297 valence electrons. The minimum Gasteiger partial charge on any atom is -0.552 e. The number of nitro benzene ring substituents is 2. The monoisotopic (exact) mass is 858 g/mol. The Bertz CT molecular complexity index is 1940. The van der Waals surface area contributed by atoms with Gasteiger partial charge < -0.3 is 49.7 Å². The van der Waals surface area contributed by atoms with Gasteiger partial charge in [-0.15, -0.1) is 6.07 Å². The molecule has 0 unspecified atom stereocenters. The van der Waals surface area contributed by atoms with Crippen molar-refractivity contribution in [1.29, 1.82) is 0 Å². The maximum atomic E-state index is 11.2. The number of nitrogens with zero attached hydrogens (tertiary/aromatic N) is 2. The van der Waals surface area contributed by atoms with Crippen LogP contribution in [0, 0.1) is 26.3 Å². The molecule has 0 fully saturated rings. The van der Waals surface area contributed by atoms with Gasteiger partial charge in [0.15, 0.2) is 11.5 Å². The second-order valence-electron chi connectivity index (χ2n) is 9.78. The first-order valence-corrected chi connectivity index (χ1v) is 15.0. The SMILES string of the molecule is COC(=O)c1c[c-]cc(OC)c1N.COC(=O)c1cccc(OC)c1N.COC(=O)c1cccc(OC)c1[N+](=O)[O-].COc1cccc(C(=O)O)c1[N+](=O)[O-].[Y]. The summed E-state index contributed by atoms with van der Waals surface area (Å²) in [6.45, 7) is 0. The largest absolute Gasteiger partial charge is 0.552 e. The average molecular weight is 859 g/mol. The number of methoxy groups -OCH3 is 7. The summed E-state index contributed by atoms with van der Waals surface area (Å²) < 4.78 is 32.8. The molecule has 0 spiro atoms. The van der Waals surface area contributed by atoms with E-state index in [0.717, 1.165) is 13.2 Å². The number of ether oxygens (including phenoxy) is 7. The minimum absolute atomic E-state index is 0. The van der Waals surface area contributed by atoms with Gasteiger partial charge in [0.2, 0.25) is 0 Å². The summed E-state index contributed by atoms with van der Waals surface area (Å²) in [6, 6.07) is 18.8. The van der Waals surface area contributed by atoms with Crippen molar-refractivity contribution in [3.8, 4) is 23.0 Å². The molecule has 0 heterocycles. The first-order chi connectivity index (χ1) is 26.1. The fourth-order valence-electron chi connectivity index (χ4n) is 4.14. The van der Waals surface area contributed by atoms with Crippen molar-refractivity contribution in [3.05, 3.63) is 115 Å². The van der Waals surface area contributed by atoms with Gasteiger partial charge in [-0.2, -0.15) is 12.1 Å². The van der Waals surface area contributed by atoms with E-state index in [0.29, 0.717) is 22.7 Å². The molecule has 20 nitrogen and oxygen atoms in total. The van der Waals surface area contributed by atoms with Crippen LogP contribution in [0.15, 0.2) is 66.7 Å². The zero-order valence-electron chi connectivity index (χ0n) is 31.0. The first-order valence-electron chi connectivity index (χ1n) is 15.0. The molecule has 0 aromatic heterocycles. The number of hydrogen-bond donors (Lipinski definition) is 3. The Hall–Kier alpha value is -6.54. The second kappa shape index (κ2) is 24.7. The van der Waals surface area contributed by atoms with Crippen molar-refractivity contribution in [2.75, 3.05) is 61.2 Å². The van der Waals surface area contributed by atoms with Gasteiger partial charge in [-0.05, 0) is 47.6 Å². The first kappa shape index (κ1) is 49.5. The van der Waals surface area contributed by atoms with Crippen molar-refractivity contribution in [2.24, 2.45) is 0 Å². The fourth-order valence-corrected chi connectivity index (χ4v) is 4.14. The number of carbonyl (C=O) groups excluding carboxylic acids is 3. The molecular formula is C35H37N4O16Y-. The Labute approximate surface area is 344 Å². The van der Waals surface area contributed by atoms with Crippen molar-refractivity contribution in [3.63, 3.8) is 0 Å². The smallest absolute Gasteiger partial charge is 0.345 e. The van der Waals surface area contributed by atoms with Crippen molar-refractivity contribution in [2.45, 2.75) is 0 Å². The third-order valence-electron chi connectivity index (χ3n) is 6.75. The molecule has 0 aliphatic rings. The Morgan fingerprint density at radius 2 is 0.911 bits per heavy atom. The Balaban J connectivity index is 0.000000717. The van der Waals surface area contributed by atoms with Crippen LogP contribution in [0.5, 0.6) is 23.0 Å². The van der Waals surface area contributed by atoms with Gasteiger partial charge in [-0.3, -0.25) is 25.0 Å². The maximum absolute atomic E-state index is 11.2. The number of esters is 3. The number of benzene rings is 4. The van der Waals surface area contributed by atoms with E-state index >= 15 is 0 Å². The molecule has 0 saturated heterocycles. The number of nitrogen functional groups attached to an aromatic ring is 2. The van der Waals surface area contributed by atoms with Crippen LogP contribution >= 0.6 is 0 Å². The van der Waals surface area contributed by atoms with E-state index < -0.39 is 39.4 Å². The van der Waals surface area contributed by atoms with Crippen LogP contribution < -0.4 is 30.4 Å². The Morgan fingerprint density at radius 3 is 1.32 bits per heavy atom. The van der Waals surface area contributed by atoms with E-state index in [4.69, 9.17) is 35.5 Å². The number of aromatic carboxylic acids is 1. The van der Waals surface area contributed by atoms with Gasteiger partial charge >= 0.3 is 29.3 Å². The summed E-state index contributed by atoms with van der Waals surface area (Å²) in [5.74, 6) is -2.20. The van der Waals surface area contributed by atoms with Gasteiger partial charge in [-0.25, -0.2) is 14.4 Å². The van der Waals surface area contributed by atoms with E-state index in [1.807, 2.05) is 0 Å². The van der Waals surface area contributed by atoms with Crippen molar-refractivity contribution < 1.29 is 100.0 Å². The molecule has 1 radical (unpaired) electrons.